The third-order valence-electron chi connectivity index (χ3n) is 4.57. The summed E-state index contributed by atoms with van der Waals surface area (Å²) in [6, 6.07) is 11.8. The van der Waals surface area contributed by atoms with E-state index in [2.05, 4.69) is 23.2 Å². The third-order valence-corrected chi connectivity index (χ3v) is 7.04. The average Bonchev–Trinajstić information content (AvgIpc) is 3.19. The number of pyridine rings is 1. The van der Waals surface area contributed by atoms with Crippen LogP contribution in [0.15, 0.2) is 52.3 Å². The summed E-state index contributed by atoms with van der Waals surface area (Å²) in [5, 5.41) is 0.861. The van der Waals surface area contributed by atoms with E-state index in [1.54, 1.807) is 18.0 Å². The number of fused-ring (bicyclic) bond motifs is 1. The van der Waals surface area contributed by atoms with Gasteiger partial charge in [0, 0.05) is 18.1 Å². The van der Waals surface area contributed by atoms with Gasteiger partial charge in [0.25, 0.3) is 5.56 Å². The number of aryl methyl sites for hydroxylation is 1. The Morgan fingerprint density at radius 2 is 2.10 bits per heavy atom. The molecule has 0 spiro atoms. The minimum Gasteiger partial charge on any atom is -0.468 e. The van der Waals surface area contributed by atoms with E-state index in [0.29, 0.717) is 9.20 Å². The molecule has 0 amide bonds. The van der Waals surface area contributed by atoms with E-state index in [1.165, 1.54) is 28.6 Å². The van der Waals surface area contributed by atoms with Gasteiger partial charge in [0.2, 0.25) is 0 Å². The Balaban J connectivity index is 1.93. The second-order valence-corrected chi connectivity index (χ2v) is 8.63. The largest absolute Gasteiger partial charge is 0.468 e. The van der Waals surface area contributed by atoms with Crippen molar-refractivity contribution in [3.63, 3.8) is 0 Å². The molecule has 8 heteroatoms. The lowest BCUT2D eigenvalue weighted by Crippen LogP contribution is -2.36. The SMILES string of the molecule is COC(=O)Cn1c(=O)/c(=C2\Sc3cc(C)ccc3N2C)s/c1=C\c1ccccn1. The Morgan fingerprint density at radius 1 is 1.28 bits per heavy atom. The molecule has 148 valence electrons. The monoisotopic (exact) mass is 425 g/mol. The molecule has 4 rings (SSSR count). The minimum absolute atomic E-state index is 0.141. The average molecular weight is 426 g/mol. The van der Waals surface area contributed by atoms with Gasteiger partial charge < -0.3 is 9.64 Å². The van der Waals surface area contributed by atoms with E-state index in [9.17, 15) is 9.59 Å². The van der Waals surface area contributed by atoms with Gasteiger partial charge in [-0.25, -0.2) is 0 Å². The predicted molar refractivity (Wildman–Crippen MR) is 116 cm³/mol. The summed E-state index contributed by atoms with van der Waals surface area (Å²) >= 11 is 2.93. The highest BCUT2D eigenvalue weighted by Gasteiger charge is 2.25. The summed E-state index contributed by atoms with van der Waals surface area (Å²) in [5.74, 6) is -0.469. The first kappa shape index (κ1) is 19.5. The number of benzene rings is 1. The number of thiazole rings is 1. The first-order chi connectivity index (χ1) is 14.0. The van der Waals surface area contributed by atoms with Crippen LogP contribution in [0.2, 0.25) is 0 Å². The van der Waals surface area contributed by atoms with Crippen LogP contribution in [0.3, 0.4) is 0 Å². The topological polar surface area (TPSA) is 64.4 Å². The molecule has 6 nitrogen and oxygen atoms in total. The van der Waals surface area contributed by atoms with Gasteiger partial charge in [-0.2, -0.15) is 0 Å². The minimum atomic E-state index is -0.469. The number of aromatic nitrogens is 2. The fraction of sp³-hybridized carbons (Fsp3) is 0.190. The number of thioether (sulfide) groups is 1. The molecule has 0 atom stereocenters. The molecular weight excluding hydrogens is 406 g/mol. The van der Waals surface area contributed by atoms with Crippen LogP contribution in [-0.4, -0.2) is 29.7 Å². The molecule has 0 saturated heterocycles. The maximum Gasteiger partial charge on any atom is 0.325 e. The van der Waals surface area contributed by atoms with Gasteiger partial charge in [-0.1, -0.05) is 23.9 Å². The lowest BCUT2D eigenvalue weighted by Gasteiger charge is -2.12. The molecule has 0 bridgehead atoms. The second-order valence-electron chi connectivity index (χ2n) is 6.57. The molecule has 0 saturated carbocycles. The summed E-state index contributed by atoms with van der Waals surface area (Å²) in [6.07, 6.45) is 3.51. The fourth-order valence-electron chi connectivity index (χ4n) is 3.06. The van der Waals surface area contributed by atoms with Crippen molar-refractivity contribution < 1.29 is 9.53 Å². The molecule has 3 heterocycles. The Hall–Kier alpha value is -2.84. The highest BCUT2D eigenvalue weighted by atomic mass is 32.2. The van der Waals surface area contributed by atoms with E-state index in [-0.39, 0.29) is 12.1 Å². The molecule has 0 unspecified atom stereocenters. The van der Waals surface area contributed by atoms with Crippen molar-refractivity contribution in [2.45, 2.75) is 18.4 Å². The molecule has 1 aromatic carbocycles. The van der Waals surface area contributed by atoms with Crippen LogP contribution in [0.25, 0.3) is 11.1 Å². The van der Waals surface area contributed by atoms with Crippen molar-refractivity contribution in [3.8, 4) is 0 Å². The summed E-state index contributed by atoms with van der Waals surface area (Å²) in [5.41, 5.74) is 2.75. The lowest BCUT2D eigenvalue weighted by atomic mass is 10.2. The van der Waals surface area contributed by atoms with E-state index in [0.717, 1.165) is 21.3 Å². The molecule has 2 aromatic heterocycles. The molecule has 0 aliphatic carbocycles. The molecule has 0 radical (unpaired) electrons. The molecule has 1 aliphatic heterocycles. The first-order valence-electron chi connectivity index (χ1n) is 8.93. The van der Waals surface area contributed by atoms with Gasteiger partial charge >= 0.3 is 5.97 Å². The zero-order valence-electron chi connectivity index (χ0n) is 16.2. The maximum atomic E-state index is 13.2. The molecule has 1 aliphatic rings. The predicted octanol–water partition coefficient (Wildman–Crippen LogP) is 1.92. The summed E-state index contributed by atoms with van der Waals surface area (Å²) in [6.45, 7) is 1.91. The van der Waals surface area contributed by atoms with Gasteiger partial charge in [0.1, 0.15) is 20.8 Å². The van der Waals surface area contributed by atoms with Crippen molar-refractivity contribution in [2.24, 2.45) is 0 Å². The number of hydrogen-bond acceptors (Lipinski definition) is 7. The van der Waals surface area contributed by atoms with Crippen LogP contribution in [-0.2, 0) is 16.1 Å². The van der Waals surface area contributed by atoms with Crippen molar-refractivity contribution in [3.05, 3.63) is 73.4 Å². The number of rotatable bonds is 3. The zero-order chi connectivity index (χ0) is 20.5. The lowest BCUT2D eigenvalue weighted by molar-refractivity contribution is -0.141. The molecular formula is C21H19N3O3S2. The van der Waals surface area contributed by atoms with Gasteiger partial charge in [0.15, 0.2) is 0 Å². The van der Waals surface area contributed by atoms with Crippen LogP contribution < -0.4 is 19.7 Å². The normalized spacial score (nSPS) is 15.6. The van der Waals surface area contributed by atoms with Crippen LogP contribution in [0.4, 0.5) is 5.69 Å². The number of anilines is 1. The van der Waals surface area contributed by atoms with E-state index in [1.807, 2.05) is 43.1 Å². The van der Waals surface area contributed by atoms with E-state index >= 15 is 0 Å². The number of ether oxygens (including phenoxy) is 1. The molecule has 0 N–H and O–H groups in total. The Kier molecular flexibility index (Phi) is 5.29. The second kappa shape index (κ2) is 7.88. The molecule has 0 fully saturated rings. The van der Waals surface area contributed by atoms with Gasteiger partial charge in [0.05, 0.1) is 18.5 Å². The first-order valence-corrected chi connectivity index (χ1v) is 10.6. The highest BCUT2D eigenvalue weighted by molar-refractivity contribution is 8.08. The van der Waals surface area contributed by atoms with Crippen molar-refractivity contribution in [2.75, 3.05) is 19.1 Å². The van der Waals surface area contributed by atoms with Crippen LogP contribution in [0.5, 0.6) is 0 Å². The zero-order valence-corrected chi connectivity index (χ0v) is 17.8. The Morgan fingerprint density at radius 3 is 2.83 bits per heavy atom. The fourth-order valence-corrected chi connectivity index (χ4v) is 5.56. The highest BCUT2D eigenvalue weighted by Crippen LogP contribution is 2.45. The maximum absolute atomic E-state index is 13.2. The smallest absolute Gasteiger partial charge is 0.325 e. The van der Waals surface area contributed by atoms with Gasteiger partial charge in [-0.05, 0) is 42.8 Å². The van der Waals surface area contributed by atoms with E-state index in [4.69, 9.17) is 4.74 Å². The number of nitrogens with zero attached hydrogens (tertiary/aromatic N) is 3. The van der Waals surface area contributed by atoms with Crippen LogP contribution >= 0.6 is 23.1 Å². The summed E-state index contributed by atoms with van der Waals surface area (Å²) < 4.78 is 7.49. The number of methoxy groups -OCH3 is 1. The van der Waals surface area contributed by atoms with Crippen molar-refractivity contribution in [1.82, 2.24) is 9.55 Å². The van der Waals surface area contributed by atoms with Gasteiger partial charge in [-0.3, -0.25) is 19.1 Å². The third kappa shape index (κ3) is 3.73. The van der Waals surface area contributed by atoms with E-state index < -0.39 is 5.97 Å². The van der Waals surface area contributed by atoms with Crippen LogP contribution in [0.1, 0.15) is 11.3 Å². The summed E-state index contributed by atoms with van der Waals surface area (Å²) in [4.78, 5) is 32.6. The van der Waals surface area contributed by atoms with Gasteiger partial charge in [-0.15, -0.1) is 11.3 Å². The standard InChI is InChI=1S/C21H19N3O3S2/c1-13-7-8-15-16(10-13)28-21(23(15)2)19-20(26)24(12-18(25)27-3)17(29-19)11-14-6-4-5-9-22-14/h4-11H,12H2,1-3H3/b17-11-,21-19+. The Labute approximate surface area is 175 Å². The number of carbonyl (C=O) groups is 1. The molecule has 29 heavy (non-hydrogen) atoms. The molecule has 3 aromatic rings. The quantitative estimate of drug-likeness (QED) is 0.598. The summed E-state index contributed by atoms with van der Waals surface area (Å²) in [7, 11) is 3.27. The van der Waals surface area contributed by atoms with Crippen molar-refractivity contribution >= 4 is 45.9 Å². The number of carbonyl (C=O) groups excluding carboxylic acids is 1. The van der Waals surface area contributed by atoms with Crippen LogP contribution in [0, 0.1) is 6.92 Å². The number of hydrogen-bond donors (Lipinski definition) is 0. The number of esters is 1. The van der Waals surface area contributed by atoms with Crippen molar-refractivity contribution in [1.29, 1.82) is 0 Å². The Bertz CT molecular complexity index is 1260.